The van der Waals surface area contributed by atoms with Gasteiger partial charge in [-0.3, -0.25) is 0 Å². The molecule has 9 heteroatoms. The Morgan fingerprint density at radius 1 is 1.20 bits per heavy atom. The Hall–Kier alpha value is -3.41. The minimum absolute atomic E-state index is 0.322. The van der Waals surface area contributed by atoms with Gasteiger partial charge in [0.1, 0.15) is 6.61 Å². The Labute approximate surface area is 241 Å². The number of ether oxygens (including phenoxy) is 1. The second kappa shape index (κ2) is 11.2. The molecule has 0 bridgehead atoms. The van der Waals surface area contributed by atoms with Crippen molar-refractivity contribution in [1.29, 1.82) is 5.26 Å². The van der Waals surface area contributed by atoms with E-state index in [0.29, 0.717) is 37.2 Å². The summed E-state index contributed by atoms with van der Waals surface area (Å²) in [4.78, 5) is 16.4. The van der Waals surface area contributed by atoms with Crippen molar-refractivity contribution < 1.29 is 9.31 Å². The summed E-state index contributed by atoms with van der Waals surface area (Å²) in [5, 5.41) is 12.2. The van der Waals surface area contributed by atoms with Gasteiger partial charge >= 0.3 is 11.8 Å². The summed E-state index contributed by atoms with van der Waals surface area (Å²) in [6, 6.07) is 13.6. The number of fused-ring (bicyclic) bond motifs is 2. The highest BCUT2D eigenvalue weighted by Crippen LogP contribution is 2.37. The molecule has 1 saturated carbocycles. The average Bonchev–Trinajstić information content (AvgIpc) is 3.36. The highest BCUT2D eigenvalue weighted by Gasteiger charge is 2.34. The zero-order valence-corrected chi connectivity index (χ0v) is 24.3. The van der Waals surface area contributed by atoms with Gasteiger partial charge in [-0.25, -0.2) is 4.58 Å². The molecule has 1 saturated heterocycles. The number of likely N-dealkylation sites (tertiary alicyclic amines) is 1. The van der Waals surface area contributed by atoms with E-state index in [0.717, 1.165) is 71.8 Å². The highest BCUT2D eigenvalue weighted by atomic mass is 35.5. The second-order valence-electron chi connectivity index (χ2n) is 11.5. The van der Waals surface area contributed by atoms with Crippen LogP contribution in [0.1, 0.15) is 36.9 Å². The van der Waals surface area contributed by atoms with Crippen LogP contribution in [0.2, 0.25) is 5.02 Å². The lowest BCUT2D eigenvalue weighted by molar-refractivity contribution is -0.408. The number of anilines is 1. The smallest absolute Gasteiger partial charge is 0.434 e. The zero-order chi connectivity index (χ0) is 27.8. The van der Waals surface area contributed by atoms with Gasteiger partial charge in [0.05, 0.1) is 36.1 Å². The van der Waals surface area contributed by atoms with Crippen LogP contribution in [0.4, 0.5) is 11.5 Å². The maximum absolute atomic E-state index is 9.21. The molecule has 2 aromatic carbocycles. The third-order valence-corrected chi connectivity index (χ3v) is 9.21. The van der Waals surface area contributed by atoms with Gasteiger partial charge in [0.2, 0.25) is 0 Å². The molecule has 0 spiro atoms. The zero-order valence-electron chi connectivity index (χ0n) is 23.6. The number of hydrogen-bond acceptors (Lipinski definition) is 7. The predicted molar refractivity (Wildman–Crippen MR) is 159 cm³/mol. The summed E-state index contributed by atoms with van der Waals surface area (Å²) < 4.78 is 8.43. The van der Waals surface area contributed by atoms with E-state index in [1.807, 2.05) is 19.2 Å². The lowest BCUT2D eigenvalue weighted by Gasteiger charge is -2.36. The van der Waals surface area contributed by atoms with E-state index >= 15 is 0 Å². The molecule has 0 amide bonds. The lowest BCUT2D eigenvalue weighted by atomic mass is 9.80. The van der Waals surface area contributed by atoms with Gasteiger partial charge in [-0.15, -0.1) is 0 Å². The topological polar surface area (TPSA) is 71.5 Å². The van der Waals surface area contributed by atoms with E-state index < -0.39 is 0 Å². The van der Waals surface area contributed by atoms with Crippen LogP contribution in [0, 0.1) is 17.4 Å². The van der Waals surface area contributed by atoms with Gasteiger partial charge in [0.15, 0.2) is 6.19 Å². The number of nitrogens with zero attached hydrogens (tertiary/aromatic N) is 7. The fraction of sp³-hybridized carbons (Fsp3) is 0.484. The average molecular weight is 559 g/mol. The number of hydrogen-bond donors (Lipinski definition) is 0. The molecule has 1 aliphatic carbocycles. The molecule has 40 heavy (non-hydrogen) atoms. The Morgan fingerprint density at radius 3 is 2.75 bits per heavy atom. The van der Waals surface area contributed by atoms with E-state index in [4.69, 9.17) is 26.3 Å². The molecule has 0 unspecified atom stereocenters. The second-order valence-corrected chi connectivity index (χ2v) is 11.9. The minimum Gasteiger partial charge on any atom is -0.443 e. The molecule has 0 N–H and O–H groups in total. The summed E-state index contributed by atoms with van der Waals surface area (Å²) in [5.41, 5.74) is 3.31. The highest BCUT2D eigenvalue weighted by molar-refractivity contribution is 6.36. The van der Waals surface area contributed by atoms with Crippen LogP contribution in [-0.4, -0.2) is 83.5 Å². The van der Waals surface area contributed by atoms with E-state index in [-0.39, 0.29) is 0 Å². The number of rotatable bonds is 7. The first-order valence-electron chi connectivity index (χ1n) is 14.3. The largest absolute Gasteiger partial charge is 0.443 e. The Kier molecular flexibility index (Phi) is 7.52. The van der Waals surface area contributed by atoms with E-state index in [1.54, 1.807) is 4.90 Å². The maximum Gasteiger partial charge on any atom is 0.434 e. The molecule has 0 radical (unpaired) electrons. The normalized spacial score (nSPS) is 23.0. The van der Waals surface area contributed by atoms with Crippen molar-refractivity contribution >= 4 is 40.1 Å². The monoisotopic (exact) mass is 558 g/mol. The first kappa shape index (κ1) is 26.8. The molecule has 208 valence electrons. The van der Waals surface area contributed by atoms with Gasteiger partial charge in [-0.2, -0.15) is 10.2 Å². The number of halogens is 1. The number of likely N-dealkylation sites (N-methyl/N-ethyl adjacent to an activating group) is 1. The standard InChI is InChI=1S/C31H37ClN7O/c1-36-13-6-9-23(36)19-40-31-34-27-18-39(28-11-5-8-22-7-4-10-26(32)29(22)28)14-12-25(27)30(35-31)37(2)17-21-15-24(16-21)38(3)20-33/h4-5,7-8,10-11,17,21,23-24H,6,9,12-16,18-19H2,1-3H3/q+1/t21?,23-,24?/m0/s1. The molecule has 6 rings (SSSR count). The van der Waals surface area contributed by atoms with Gasteiger partial charge in [0, 0.05) is 54.1 Å². The third kappa shape index (κ3) is 5.21. The number of nitriles is 1. The fourth-order valence-corrected chi connectivity index (χ4v) is 6.67. The minimum atomic E-state index is 0.322. The summed E-state index contributed by atoms with van der Waals surface area (Å²) in [7, 11) is 6.10. The van der Waals surface area contributed by atoms with Crippen molar-refractivity contribution in [2.75, 3.05) is 45.7 Å². The van der Waals surface area contributed by atoms with Crippen LogP contribution in [0.15, 0.2) is 36.4 Å². The van der Waals surface area contributed by atoms with Crippen molar-refractivity contribution in [2.24, 2.45) is 5.92 Å². The first-order chi connectivity index (χ1) is 19.4. The predicted octanol–water partition coefficient (Wildman–Crippen LogP) is 4.85. The SMILES string of the molecule is CN(C#N)C1CC(C=[N+](C)c2nc(OC[C@@H]3CCCN3C)nc3c2CCN(c2cccc4cccc(Cl)c24)C3)C1. The third-order valence-electron chi connectivity index (χ3n) is 8.90. The summed E-state index contributed by atoms with van der Waals surface area (Å²) in [5.74, 6) is 1.35. The Balaban J connectivity index is 1.31. The lowest BCUT2D eigenvalue weighted by Crippen LogP contribution is -2.41. The molecular weight excluding hydrogens is 522 g/mol. The molecule has 2 fully saturated rings. The van der Waals surface area contributed by atoms with Crippen LogP contribution in [0.25, 0.3) is 10.8 Å². The molecule has 1 aromatic heterocycles. The molecule has 3 aromatic rings. The van der Waals surface area contributed by atoms with Gasteiger partial charge in [0.25, 0.3) is 0 Å². The molecule has 3 heterocycles. The van der Waals surface area contributed by atoms with Crippen LogP contribution >= 0.6 is 11.6 Å². The maximum atomic E-state index is 9.21. The molecule has 2 aliphatic heterocycles. The molecular formula is C31H37ClN7O+. The molecule has 8 nitrogen and oxygen atoms in total. The van der Waals surface area contributed by atoms with E-state index in [9.17, 15) is 5.26 Å². The van der Waals surface area contributed by atoms with Gasteiger partial charge < -0.3 is 19.4 Å². The van der Waals surface area contributed by atoms with Crippen molar-refractivity contribution in [3.63, 3.8) is 0 Å². The van der Waals surface area contributed by atoms with Crippen LogP contribution in [0.3, 0.4) is 0 Å². The van der Waals surface area contributed by atoms with E-state index in [1.165, 1.54) is 12.0 Å². The summed E-state index contributed by atoms with van der Waals surface area (Å²) >= 11 is 6.69. The van der Waals surface area contributed by atoms with Crippen LogP contribution < -0.4 is 9.64 Å². The quantitative estimate of drug-likeness (QED) is 0.177. The van der Waals surface area contributed by atoms with Crippen LogP contribution in [0.5, 0.6) is 6.01 Å². The fourth-order valence-electron chi connectivity index (χ4n) is 6.39. The summed E-state index contributed by atoms with van der Waals surface area (Å²) in [6.07, 6.45) is 9.64. The van der Waals surface area contributed by atoms with E-state index in [2.05, 4.69) is 65.1 Å². The first-order valence-corrected chi connectivity index (χ1v) is 14.6. The molecule has 3 aliphatic rings. The number of benzene rings is 2. The number of aromatic nitrogens is 2. The Morgan fingerprint density at radius 2 is 2.00 bits per heavy atom. The molecule has 1 atom stereocenters. The van der Waals surface area contributed by atoms with Crippen molar-refractivity contribution in [1.82, 2.24) is 19.8 Å². The van der Waals surface area contributed by atoms with Crippen molar-refractivity contribution in [3.8, 4) is 12.2 Å². The van der Waals surface area contributed by atoms with Gasteiger partial charge in [-0.05, 0) is 56.8 Å². The van der Waals surface area contributed by atoms with Gasteiger partial charge in [-0.1, -0.05) is 35.9 Å². The van der Waals surface area contributed by atoms with Crippen LogP contribution in [-0.2, 0) is 13.0 Å². The van der Waals surface area contributed by atoms with Crippen molar-refractivity contribution in [3.05, 3.63) is 52.7 Å². The van der Waals surface area contributed by atoms with Crippen molar-refractivity contribution in [2.45, 2.75) is 50.7 Å². The Bertz CT molecular complexity index is 1470. The summed E-state index contributed by atoms with van der Waals surface area (Å²) in [6.45, 7) is 3.22.